The largest absolute Gasteiger partial charge is 0.452 e. The highest BCUT2D eigenvalue weighted by atomic mass is 35.5. The molecule has 4 amide bonds. The first-order chi connectivity index (χ1) is 21.3. The number of rotatable bonds is 7. The van der Waals surface area contributed by atoms with Crippen LogP contribution in [0.5, 0.6) is 0 Å². The van der Waals surface area contributed by atoms with Crippen LogP contribution in [0.4, 0.5) is 21.9 Å². The molecule has 1 atom stereocenters. The molecule has 2 aliphatic heterocycles. The van der Waals surface area contributed by atoms with Crippen molar-refractivity contribution in [3.05, 3.63) is 89.2 Å². The quantitative estimate of drug-likeness (QED) is 0.335. The molecule has 1 aromatic heterocycles. The summed E-state index contributed by atoms with van der Waals surface area (Å²) in [6.07, 6.45) is 1.72. The van der Waals surface area contributed by atoms with Gasteiger partial charge in [0.15, 0.2) is 0 Å². The number of benzene rings is 3. The van der Waals surface area contributed by atoms with E-state index in [1.54, 1.807) is 36.4 Å². The summed E-state index contributed by atoms with van der Waals surface area (Å²) in [5.74, 6) is -1.25. The van der Waals surface area contributed by atoms with Crippen LogP contribution >= 0.6 is 11.6 Å². The summed E-state index contributed by atoms with van der Waals surface area (Å²) in [6, 6.07) is 18.4. The lowest BCUT2D eigenvalue weighted by molar-refractivity contribution is -0.143. The second-order valence-corrected chi connectivity index (χ2v) is 10.7. The van der Waals surface area contributed by atoms with Crippen molar-refractivity contribution >= 4 is 52.5 Å². The zero-order valence-corrected chi connectivity index (χ0v) is 24.3. The predicted molar refractivity (Wildman–Crippen MR) is 161 cm³/mol. The van der Waals surface area contributed by atoms with E-state index in [4.69, 9.17) is 16.3 Å². The number of nitrogens with one attached hydrogen (secondary N) is 1. The minimum Gasteiger partial charge on any atom is -0.452 e. The number of carbonyl (C=O) groups is 4. The highest BCUT2D eigenvalue weighted by Gasteiger charge is 2.39. The van der Waals surface area contributed by atoms with E-state index in [1.807, 2.05) is 30.3 Å². The standard InChI is InChI=1S/C30H27ClN8O5/c1-44-30(43)36-12-11-20-14-22(8-10-23(20)36)33-29(42)26(13-19-5-3-2-4-6-19)38-17-27(40)37(16-28(38)41)25-15-21(31)7-9-24(25)39-18-32-34-35-39/h2-10,14-15,18,26H,11-13,16-17H2,1H3,(H,33,42). The van der Waals surface area contributed by atoms with Gasteiger partial charge in [-0.1, -0.05) is 41.9 Å². The molecule has 0 aliphatic carbocycles. The lowest BCUT2D eigenvalue weighted by atomic mass is 10.0. The van der Waals surface area contributed by atoms with E-state index in [2.05, 4.69) is 20.8 Å². The zero-order valence-electron chi connectivity index (χ0n) is 23.6. The van der Waals surface area contributed by atoms with Gasteiger partial charge in [-0.2, -0.15) is 4.68 Å². The summed E-state index contributed by atoms with van der Waals surface area (Å²) in [5.41, 5.74) is 3.78. The van der Waals surface area contributed by atoms with E-state index in [9.17, 15) is 19.2 Å². The Morgan fingerprint density at radius 2 is 1.77 bits per heavy atom. The van der Waals surface area contributed by atoms with Crippen molar-refractivity contribution in [1.29, 1.82) is 0 Å². The Morgan fingerprint density at radius 1 is 0.977 bits per heavy atom. The molecule has 224 valence electrons. The van der Waals surface area contributed by atoms with Gasteiger partial charge in [-0.25, -0.2) is 4.79 Å². The molecule has 2 aliphatic rings. The maximum absolute atomic E-state index is 13.8. The number of anilines is 3. The van der Waals surface area contributed by atoms with Crippen LogP contribution in [0.2, 0.25) is 5.02 Å². The van der Waals surface area contributed by atoms with Gasteiger partial charge < -0.3 is 15.0 Å². The molecule has 6 rings (SSSR count). The molecular weight excluding hydrogens is 588 g/mol. The maximum Gasteiger partial charge on any atom is 0.414 e. The Kier molecular flexibility index (Phi) is 7.94. The highest BCUT2D eigenvalue weighted by Crippen LogP contribution is 2.32. The van der Waals surface area contributed by atoms with E-state index in [0.717, 1.165) is 16.8 Å². The third kappa shape index (κ3) is 5.69. The number of carbonyl (C=O) groups excluding carboxylic acids is 4. The Bertz CT molecular complexity index is 1730. The second kappa shape index (κ2) is 12.1. The number of nitrogens with zero attached hydrogens (tertiary/aromatic N) is 7. The molecule has 1 saturated heterocycles. The minimum atomic E-state index is -0.978. The van der Waals surface area contributed by atoms with Crippen molar-refractivity contribution < 1.29 is 23.9 Å². The fourth-order valence-electron chi connectivity index (χ4n) is 5.50. The van der Waals surface area contributed by atoms with E-state index >= 15 is 0 Å². The maximum atomic E-state index is 13.8. The Morgan fingerprint density at radius 3 is 2.52 bits per heavy atom. The molecule has 0 saturated carbocycles. The third-order valence-corrected chi connectivity index (χ3v) is 7.87. The number of halogens is 1. The van der Waals surface area contributed by atoms with Gasteiger partial charge >= 0.3 is 6.09 Å². The lowest BCUT2D eigenvalue weighted by Crippen LogP contribution is -2.60. The van der Waals surface area contributed by atoms with Crippen molar-refractivity contribution in [2.45, 2.75) is 18.9 Å². The number of fused-ring (bicyclic) bond motifs is 1. The molecule has 3 aromatic carbocycles. The first-order valence-electron chi connectivity index (χ1n) is 13.8. The minimum absolute atomic E-state index is 0.194. The average molecular weight is 615 g/mol. The topological polar surface area (TPSA) is 143 Å². The summed E-state index contributed by atoms with van der Waals surface area (Å²) < 4.78 is 6.24. The fourth-order valence-corrected chi connectivity index (χ4v) is 5.67. The van der Waals surface area contributed by atoms with Gasteiger partial charge in [0, 0.05) is 23.7 Å². The normalized spacial score (nSPS) is 15.3. The van der Waals surface area contributed by atoms with E-state index in [0.29, 0.717) is 35.1 Å². The molecule has 3 heterocycles. The van der Waals surface area contributed by atoms with Crippen LogP contribution in [-0.4, -0.2) is 81.7 Å². The third-order valence-electron chi connectivity index (χ3n) is 7.63. The van der Waals surface area contributed by atoms with Gasteiger partial charge in [-0.05, 0) is 64.4 Å². The number of ether oxygens (including phenoxy) is 1. The molecule has 4 aromatic rings. The van der Waals surface area contributed by atoms with Gasteiger partial charge in [0.2, 0.25) is 17.7 Å². The zero-order chi connectivity index (χ0) is 30.8. The number of amides is 4. The van der Waals surface area contributed by atoms with Crippen LogP contribution in [0, 0.1) is 0 Å². The highest BCUT2D eigenvalue weighted by molar-refractivity contribution is 6.31. The molecule has 0 radical (unpaired) electrons. The van der Waals surface area contributed by atoms with Crippen molar-refractivity contribution in [2.75, 3.05) is 41.9 Å². The summed E-state index contributed by atoms with van der Waals surface area (Å²) in [7, 11) is 1.33. The number of methoxy groups -OCH3 is 1. The average Bonchev–Trinajstić information content (AvgIpc) is 3.71. The Labute approximate surface area is 256 Å². The van der Waals surface area contributed by atoms with Gasteiger partial charge in [0.25, 0.3) is 0 Å². The van der Waals surface area contributed by atoms with Gasteiger partial charge in [-0.3, -0.25) is 24.2 Å². The SMILES string of the molecule is COC(=O)N1CCc2cc(NC(=O)C(Cc3ccccc3)N3CC(=O)N(c4cc(Cl)ccc4-n4cnnn4)CC3=O)ccc21. The first-order valence-corrected chi connectivity index (χ1v) is 14.2. The lowest BCUT2D eigenvalue weighted by Gasteiger charge is -2.38. The number of hydrogen-bond donors (Lipinski definition) is 1. The van der Waals surface area contributed by atoms with Crippen LogP contribution in [-0.2, 0) is 32.0 Å². The van der Waals surface area contributed by atoms with E-state index in [1.165, 1.54) is 32.8 Å². The molecule has 1 unspecified atom stereocenters. The van der Waals surface area contributed by atoms with E-state index in [-0.39, 0.29) is 19.5 Å². The molecule has 0 bridgehead atoms. The number of tetrazole rings is 1. The summed E-state index contributed by atoms with van der Waals surface area (Å²) in [4.78, 5) is 57.4. The Hall–Kier alpha value is -5.30. The number of hydrogen-bond acceptors (Lipinski definition) is 8. The van der Waals surface area contributed by atoms with Gasteiger partial charge in [0.05, 0.1) is 24.2 Å². The van der Waals surface area contributed by atoms with Crippen LogP contribution < -0.4 is 15.1 Å². The second-order valence-electron chi connectivity index (χ2n) is 10.3. The molecule has 13 nitrogen and oxygen atoms in total. The van der Waals surface area contributed by atoms with Crippen molar-refractivity contribution in [2.24, 2.45) is 0 Å². The summed E-state index contributed by atoms with van der Waals surface area (Å²) >= 11 is 6.26. The van der Waals surface area contributed by atoms with Gasteiger partial charge in [-0.15, -0.1) is 5.10 Å². The fraction of sp³-hybridized carbons (Fsp3) is 0.233. The first kappa shape index (κ1) is 28.8. The molecule has 14 heteroatoms. The molecular formula is C30H27ClN8O5. The van der Waals surface area contributed by atoms with E-state index < -0.39 is 29.9 Å². The Balaban J connectivity index is 1.26. The van der Waals surface area contributed by atoms with Crippen LogP contribution in [0.15, 0.2) is 73.1 Å². The predicted octanol–water partition coefficient (Wildman–Crippen LogP) is 2.87. The van der Waals surface area contributed by atoms with Crippen LogP contribution in [0.25, 0.3) is 5.69 Å². The van der Waals surface area contributed by atoms with Crippen LogP contribution in [0.1, 0.15) is 11.1 Å². The van der Waals surface area contributed by atoms with Crippen molar-refractivity contribution in [3.63, 3.8) is 0 Å². The molecule has 1 fully saturated rings. The molecule has 1 N–H and O–H groups in total. The molecule has 44 heavy (non-hydrogen) atoms. The monoisotopic (exact) mass is 614 g/mol. The summed E-state index contributed by atoms with van der Waals surface area (Å²) in [5, 5.41) is 14.5. The number of aromatic nitrogens is 4. The molecule has 0 spiro atoms. The van der Waals surface area contributed by atoms with Crippen molar-refractivity contribution in [1.82, 2.24) is 25.1 Å². The van der Waals surface area contributed by atoms with Gasteiger partial charge in [0.1, 0.15) is 25.5 Å². The van der Waals surface area contributed by atoms with Crippen LogP contribution in [0.3, 0.4) is 0 Å². The smallest absolute Gasteiger partial charge is 0.414 e. The van der Waals surface area contributed by atoms with Crippen molar-refractivity contribution in [3.8, 4) is 5.69 Å². The summed E-state index contributed by atoms with van der Waals surface area (Å²) in [6.45, 7) is -0.169. The number of piperazine rings is 1.